The summed E-state index contributed by atoms with van der Waals surface area (Å²) in [6.45, 7) is 2.46. The number of rotatable bonds is 6. The Labute approximate surface area is 112 Å². The van der Waals surface area contributed by atoms with Crippen molar-refractivity contribution in [3.63, 3.8) is 0 Å². The number of hydrogen-bond acceptors (Lipinski definition) is 1. The lowest BCUT2D eigenvalue weighted by Gasteiger charge is -1.90. The summed E-state index contributed by atoms with van der Waals surface area (Å²) in [5.41, 5.74) is 0. The second-order valence-corrected chi connectivity index (χ2v) is 4.05. The summed E-state index contributed by atoms with van der Waals surface area (Å²) in [5.74, 6) is 18.3. The predicted octanol–water partition coefficient (Wildman–Crippen LogP) is 3.52. The van der Waals surface area contributed by atoms with Gasteiger partial charge in [-0.15, -0.1) is 11.8 Å². The third kappa shape index (κ3) is 14.6. The van der Waals surface area contributed by atoms with Crippen LogP contribution in [0, 0.1) is 35.5 Å². The highest BCUT2D eigenvalue weighted by atomic mass is 16.2. The first-order valence-corrected chi connectivity index (χ1v) is 6.89. The van der Waals surface area contributed by atoms with Gasteiger partial charge in [0.15, 0.2) is 0 Å². The van der Waals surface area contributed by atoms with Crippen LogP contribution in [-0.4, -0.2) is 11.7 Å². The minimum atomic E-state index is 0.290. The third-order valence-electron chi connectivity index (χ3n) is 2.34. The lowest BCUT2D eigenvalue weighted by molar-refractivity contribution is 0.283. The van der Waals surface area contributed by atoms with E-state index in [1.807, 2.05) is 0 Å². The van der Waals surface area contributed by atoms with Crippen LogP contribution in [0.4, 0.5) is 0 Å². The molecule has 0 aliphatic rings. The Kier molecular flexibility index (Phi) is 14.5. The molecule has 1 nitrogen and oxygen atoms in total. The molecule has 0 saturated heterocycles. The summed E-state index contributed by atoms with van der Waals surface area (Å²) in [5, 5.41) is 8.59. The van der Waals surface area contributed by atoms with E-state index >= 15 is 0 Å². The second kappa shape index (κ2) is 15.6. The summed E-state index contributed by atoms with van der Waals surface area (Å²) in [6, 6.07) is 0. The van der Waals surface area contributed by atoms with Gasteiger partial charge in [0.25, 0.3) is 0 Å². The van der Waals surface area contributed by atoms with Crippen molar-refractivity contribution in [3.8, 4) is 35.5 Å². The molecule has 0 amide bonds. The topological polar surface area (TPSA) is 20.2 Å². The molecule has 0 aromatic carbocycles. The Bertz CT molecular complexity index is 348. The van der Waals surface area contributed by atoms with E-state index in [2.05, 4.69) is 42.4 Å². The average Bonchev–Trinajstić information content (AvgIpc) is 2.39. The lowest BCUT2D eigenvalue weighted by atomic mass is 10.2. The van der Waals surface area contributed by atoms with Crippen molar-refractivity contribution in [1.82, 2.24) is 0 Å². The second-order valence-electron chi connectivity index (χ2n) is 4.05. The summed E-state index contributed by atoms with van der Waals surface area (Å²) < 4.78 is 0. The molecular formula is C17H24O. The molecule has 98 valence electrons. The number of aliphatic hydroxyl groups is 1. The van der Waals surface area contributed by atoms with Crippen LogP contribution in [0.3, 0.4) is 0 Å². The first-order valence-electron chi connectivity index (χ1n) is 6.89. The van der Waals surface area contributed by atoms with Gasteiger partial charge < -0.3 is 5.11 Å². The van der Waals surface area contributed by atoms with Crippen molar-refractivity contribution in [2.24, 2.45) is 0 Å². The molecule has 18 heavy (non-hydrogen) atoms. The fraction of sp³-hybridized carbons (Fsp3) is 0.647. The van der Waals surface area contributed by atoms with Crippen LogP contribution in [0.25, 0.3) is 0 Å². The van der Waals surface area contributed by atoms with Crippen LogP contribution in [0.2, 0.25) is 0 Å². The zero-order valence-corrected chi connectivity index (χ0v) is 11.5. The fourth-order valence-electron chi connectivity index (χ4n) is 1.28. The molecule has 0 radical (unpaired) electrons. The van der Waals surface area contributed by atoms with Crippen molar-refractivity contribution in [3.05, 3.63) is 0 Å². The maximum Gasteiger partial charge on any atom is 0.0702 e. The minimum Gasteiger partial charge on any atom is -0.396 e. The van der Waals surface area contributed by atoms with Gasteiger partial charge in [0.2, 0.25) is 0 Å². The van der Waals surface area contributed by atoms with Crippen LogP contribution in [0.15, 0.2) is 0 Å². The first kappa shape index (κ1) is 16.6. The molecule has 0 aliphatic carbocycles. The van der Waals surface area contributed by atoms with E-state index in [0.29, 0.717) is 12.8 Å². The van der Waals surface area contributed by atoms with Gasteiger partial charge in [-0.3, -0.25) is 0 Å². The van der Waals surface area contributed by atoms with Crippen molar-refractivity contribution in [2.75, 3.05) is 6.61 Å². The summed E-state index contributed by atoms with van der Waals surface area (Å²) in [6.07, 6.45) is 8.63. The number of aliphatic hydroxyl groups excluding tert-OH is 1. The SMILES string of the molecule is CCCCC#CCC#CCC#CCCCCCO. The van der Waals surface area contributed by atoms with Gasteiger partial charge in [-0.25, -0.2) is 0 Å². The molecule has 0 spiro atoms. The lowest BCUT2D eigenvalue weighted by Crippen LogP contribution is -1.81. The highest BCUT2D eigenvalue weighted by molar-refractivity contribution is 5.16. The number of hydrogen-bond donors (Lipinski definition) is 1. The van der Waals surface area contributed by atoms with Crippen LogP contribution >= 0.6 is 0 Å². The van der Waals surface area contributed by atoms with E-state index in [4.69, 9.17) is 5.11 Å². The van der Waals surface area contributed by atoms with Crippen LogP contribution in [0.5, 0.6) is 0 Å². The standard InChI is InChI=1S/C17H24O/c1-2-3-4-5-6-7-8-9-10-11-12-13-14-15-16-17-18/h18H,2-4,7,10,13-17H2,1H3. The Morgan fingerprint density at radius 2 is 1.22 bits per heavy atom. The monoisotopic (exact) mass is 244 g/mol. The normalized spacial score (nSPS) is 8.33. The molecule has 0 saturated carbocycles. The van der Waals surface area contributed by atoms with E-state index in [9.17, 15) is 0 Å². The molecule has 0 fully saturated rings. The molecule has 0 aromatic rings. The highest BCUT2D eigenvalue weighted by Gasteiger charge is 1.83. The van der Waals surface area contributed by atoms with E-state index in [1.165, 1.54) is 12.8 Å². The molecule has 0 aliphatic heterocycles. The molecule has 1 heteroatoms. The molecule has 0 rings (SSSR count). The Balaban J connectivity index is 3.42. The average molecular weight is 244 g/mol. The van der Waals surface area contributed by atoms with Crippen molar-refractivity contribution < 1.29 is 5.11 Å². The smallest absolute Gasteiger partial charge is 0.0702 e. The molecule has 0 atom stereocenters. The van der Waals surface area contributed by atoms with Gasteiger partial charge >= 0.3 is 0 Å². The van der Waals surface area contributed by atoms with Gasteiger partial charge in [-0.05, 0) is 19.3 Å². The quantitative estimate of drug-likeness (QED) is 0.560. The van der Waals surface area contributed by atoms with Gasteiger partial charge in [0, 0.05) is 19.4 Å². The maximum atomic E-state index is 8.59. The maximum absolute atomic E-state index is 8.59. The molecule has 0 unspecified atom stereocenters. The largest absolute Gasteiger partial charge is 0.396 e. The van der Waals surface area contributed by atoms with E-state index in [-0.39, 0.29) is 6.61 Å². The van der Waals surface area contributed by atoms with E-state index in [1.54, 1.807) is 0 Å². The molecule has 1 N–H and O–H groups in total. The zero-order valence-electron chi connectivity index (χ0n) is 11.5. The van der Waals surface area contributed by atoms with Crippen LogP contribution in [-0.2, 0) is 0 Å². The predicted molar refractivity (Wildman–Crippen MR) is 77.6 cm³/mol. The Morgan fingerprint density at radius 3 is 1.78 bits per heavy atom. The van der Waals surface area contributed by atoms with Crippen LogP contribution < -0.4 is 0 Å². The third-order valence-corrected chi connectivity index (χ3v) is 2.34. The van der Waals surface area contributed by atoms with Crippen LogP contribution in [0.1, 0.15) is 64.7 Å². The molecule has 0 bridgehead atoms. The van der Waals surface area contributed by atoms with Gasteiger partial charge in [-0.2, -0.15) is 0 Å². The van der Waals surface area contributed by atoms with Crippen molar-refractivity contribution in [2.45, 2.75) is 64.7 Å². The van der Waals surface area contributed by atoms with Crippen molar-refractivity contribution in [1.29, 1.82) is 0 Å². The summed E-state index contributed by atoms with van der Waals surface area (Å²) in [4.78, 5) is 0. The van der Waals surface area contributed by atoms with Gasteiger partial charge in [0.05, 0.1) is 12.8 Å². The highest BCUT2D eigenvalue weighted by Crippen LogP contribution is 1.97. The van der Waals surface area contributed by atoms with Crippen molar-refractivity contribution >= 4 is 0 Å². The Hall–Kier alpha value is -1.36. The first-order chi connectivity index (χ1) is 8.91. The zero-order chi connectivity index (χ0) is 13.3. The molecule has 0 heterocycles. The Morgan fingerprint density at radius 1 is 0.667 bits per heavy atom. The molecular weight excluding hydrogens is 220 g/mol. The molecule has 0 aromatic heterocycles. The minimum absolute atomic E-state index is 0.290. The summed E-state index contributed by atoms with van der Waals surface area (Å²) in [7, 11) is 0. The fourth-order valence-corrected chi connectivity index (χ4v) is 1.28. The number of unbranched alkanes of at least 4 members (excludes halogenated alkanes) is 5. The summed E-state index contributed by atoms with van der Waals surface area (Å²) >= 11 is 0. The van der Waals surface area contributed by atoms with E-state index < -0.39 is 0 Å². The van der Waals surface area contributed by atoms with Gasteiger partial charge in [0.1, 0.15) is 0 Å². The van der Waals surface area contributed by atoms with E-state index in [0.717, 1.165) is 32.1 Å². The van der Waals surface area contributed by atoms with Gasteiger partial charge in [-0.1, -0.05) is 43.4 Å².